The molecule has 4 rings (SSSR count). The molecule has 3 N–H and O–H groups in total. The number of rotatable bonds is 5. The molecule has 0 aliphatic heterocycles. The fourth-order valence-corrected chi connectivity index (χ4v) is 5.69. The number of phenolic OH excluding ortho intramolecular Hbond substituents is 1. The molecule has 0 atom stereocenters. The quantitative estimate of drug-likeness (QED) is 0.589. The maximum absolute atomic E-state index is 12.6. The molecule has 9 heteroatoms. The number of benzene rings is 2. The highest BCUT2D eigenvalue weighted by Crippen LogP contribution is 2.35. The van der Waals surface area contributed by atoms with E-state index in [0.29, 0.717) is 29.1 Å². The number of carbonyl (C=O) groups excluding carboxylic acids is 1. The molecule has 2 aromatic rings. The number of halogens is 1. The Bertz CT molecular complexity index is 1120. The summed E-state index contributed by atoms with van der Waals surface area (Å²) in [7, 11) is -3.62. The van der Waals surface area contributed by atoms with Gasteiger partial charge in [0.15, 0.2) is 0 Å². The summed E-state index contributed by atoms with van der Waals surface area (Å²) in [6.45, 7) is 0. The summed E-state index contributed by atoms with van der Waals surface area (Å²) in [5.41, 5.74) is 4.70. The molecule has 7 nitrogen and oxygen atoms in total. The van der Waals surface area contributed by atoms with Gasteiger partial charge in [-0.05, 0) is 67.6 Å². The van der Waals surface area contributed by atoms with Crippen LogP contribution in [-0.2, 0) is 16.4 Å². The molecule has 164 valence electrons. The molecule has 2 aliphatic carbocycles. The van der Waals surface area contributed by atoms with Gasteiger partial charge in [-0.15, -0.1) is 0 Å². The van der Waals surface area contributed by atoms with E-state index in [1.54, 1.807) is 6.07 Å². The standard InChI is InChI=1S/C22H24ClN3O4S/c23-18-11-13-20(27)21-17(18)10-12-19(21)24-25-22(28)14-6-8-16(9-7-14)31(29,30)26-15-4-2-1-3-5-15/h6-9,11,13,15,26-27H,1-5,10,12H2,(H,25,28)/b24-19+. The Morgan fingerprint density at radius 3 is 2.45 bits per heavy atom. The van der Waals surface area contributed by atoms with Crippen LogP contribution in [-0.4, -0.2) is 31.2 Å². The van der Waals surface area contributed by atoms with Gasteiger partial charge in [-0.1, -0.05) is 30.9 Å². The van der Waals surface area contributed by atoms with Crippen molar-refractivity contribution in [1.29, 1.82) is 0 Å². The Hall–Kier alpha value is -2.42. The van der Waals surface area contributed by atoms with Crippen LogP contribution in [0.5, 0.6) is 5.75 Å². The molecule has 0 unspecified atom stereocenters. The van der Waals surface area contributed by atoms with Crippen LogP contribution in [0.3, 0.4) is 0 Å². The van der Waals surface area contributed by atoms with Crippen molar-refractivity contribution in [2.75, 3.05) is 0 Å². The zero-order valence-electron chi connectivity index (χ0n) is 16.9. The Morgan fingerprint density at radius 2 is 1.74 bits per heavy atom. The average Bonchev–Trinajstić information content (AvgIpc) is 3.20. The maximum atomic E-state index is 12.6. The van der Waals surface area contributed by atoms with Gasteiger partial charge < -0.3 is 5.11 Å². The highest BCUT2D eigenvalue weighted by Gasteiger charge is 2.25. The second-order valence-corrected chi connectivity index (χ2v) is 10.0. The van der Waals surface area contributed by atoms with Gasteiger partial charge in [0.25, 0.3) is 5.91 Å². The number of nitrogens with zero attached hydrogens (tertiary/aromatic N) is 1. The molecular formula is C22H24ClN3O4S. The third-order valence-electron chi connectivity index (χ3n) is 5.78. The van der Waals surface area contributed by atoms with Gasteiger partial charge in [0.2, 0.25) is 10.0 Å². The lowest BCUT2D eigenvalue weighted by atomic mass is 9.96. The second kappa shape index (κ2) is 8.98. The van der Waals surface area contributed by atoms with Crippen LogP contribution in [0.25, 0.3) is 0 Å². The minimum absolute atomic E-state index is 0.0308. The first-order chi connectivity index (χ1) is 14.8. The fraction of sp³-hybridized carbons (Fsp3) is 0.364. The molecular weight excluding hydrogens is 438 g/mol. The van der Waals surface area contributed by atoms with Crippen LogP contribution in [0.15, 0.2) is 46.4 Å². The Labute approximate surface area is 186 Å². The summed E-state index contributed by atoms with van der Waals surface area (Å²) in [6, 6.07) is 8.87. The first kappa shape index (κ1) is 21.8. The molecule has 1 saturated carbocycles. The third kappa shape index (κ3) is 4.76. The van der Waals surface area contributed by atoms with Gasteiger partial charge in [-0.2, -0.15) is 5.10 Å². The van der Waals surface area contributed by atoms with Crippen molar-refractivity contribution in [2.45, 2.75) is 55.9 Å². The van der Waals surface area contributed by atoms with E-state index in [1.807, 2.05) is 0 Å². The Balaban J connectivity index is 1.44. The summed E-state index contributed by atoms with van der Waals surface area (Å²) in [5.74, 6) is -0.392. The molecule has 31 heavy (non-hydrogen) atoms. The number of amides is 1. The zero-order chi connectivity index (χ0) is 22.0. The smallest absolute Gasteiger partial charge is 0.271 e. The van der Waals surface area contributed by atoms with Crippen molar-refractivity contribution in [3.63, 3.8) is 0 Å². The molecule has 1 amide bonds. The van der Waals surface area contributed by atoms with E-state index in [4.69, 9.17) is 11.6 Å². The normalized spacial score (nSPS) is 18.2. The third-order valence-corrected chi connectivity index (χ3v) is 7.67. The van der Waals surface area contributed by atoms with Gasteiger partial charge >= 0.3 is 0 Å². The molecule has 0 spiro atoms. The van der Waals surface area contributed by atoms with E-state index in [1.165, 1.54) is 30.3 Å². The lowest BCUT2D eigenvalue weighted by Crippen LogP contribution is -2.36. The molecule has 0 radical (unpaired) electrons. The molecule has 2 aromatic carbocycles. The topological polar surface area (TPSA) is 108 Å². The van der Waals surface area contributed by atoms with E-state index >= 15 is 0 Å². The lowest BCUT2D eigenvalue weighted by molar-refractivity contribution is 0.0954. The largest absolute Gasteiger partial charge is 0.507 e. The molecule has 0 aromatic heterocycles. The van der Waals surface area contributed by atoms with Crippen LogP contribution in [0, 0.1) is 0 Å². The molecule has 1 fully saturated rings. The SMILES string of the molecule is O=C(N/N=C1\CCc2c(Cl)ccc(O)c21)c1ccc(S(=O)(=O)NC2CCCCC2)cc1. The predicted octanol–water partition coefficient (Wildman–Crippen LogP) is 3.74. The average molecular weight is 462 g/mol. The first-order valence-corrected chi connectivity index (χ1v) is 12.2. The number of phenols is 1. The highest BCUT2D eigenvalue weighted by atomic mass is 35.5. The summed E-state index contributed by atoms with van der Waals surface area (Å²) >= 11 is 6.17. The van der Waals surface area contributed by atoms with Gasteiger partial charge in [-0.3, -0.25) is 4.79 Å². The summed E-state index contributed by atoms with van der Waals surface area (Å²) in [5, 5.41) is 14.8. The fourth-order valence-electron chi connectivity index (χ4n) is 4.13. The van der Waals surface area contributed by atoms with Crippen LogP contribution in [0.2, 0.25) is 5.02 Å². The summed E-state index contributed by atoms with van der Waals surface area (Å²) in [6.07, 6.45) is 6.10. The van der Waals surface area contributed by atoms with Crippen LogP contribution in [0.1, 0.15) is 60.0 Å². The minimum Gasteiger partial charge on any atom is -0.507 e. The number of carbonyl (C=O) groups is 1. The van der Waals surface area contributed by atoms with Crippen LogP contribution >= 0.6 is 11.6 Å². The van der Waals surface area contributed by atoms with Crippen molar-refractivity contribution in [3.05, 3.63) is 58.1 Å². The van der Waals surface area contributed by atoms with Gasteiger partial charge in [0.05, 0.1) is 10.6 Å². The van der Waals surface area contributed by atoms with Crippen molar-refractivity contribution < 1.29 is 18.3 Å². The molecule has 0 heterocycles. The van der Waals surface area contributed by atoms with Crippen molar-refractivity contribution in [2.24, 2.45) is 5.10 Å². The second-order valence-electron chi connectivity index (χ2n) is 7.90. The first-order valence-electron chi connectivity index (χ1n) is 10.3. The van der Waals surface area contributed by atoms with E-state index < -0.39 is 15.9 Å². The number of sulfonamides is 1. The summed E-state index contributed by atoms with van der Waals surface area (Å²) in [4.78, 5) is 12.6. The minimum atomic E-state index is -3.62. The number of hydrogen-bond acceptors (Lipinski definition) is 5. The predicted molar refractivity (Wildman–Crippen MR) is 119 cm³/mol. The van der Waals surface area contributed by atoms with E-state index in [0.717, 1.165) is 37.7 Å². The number of aromatic hydroxyl groups is 1. The van der Waals surface area contributed by atoms with Crippen molar-refractivity contribution >= 4 is 33.2 Å². The molecule has 0 saturated heterocycles. The lowest BCUT2D eigenvalue weighted by Gasteiger charge is -2.22. The van der Waals surface area contributed by atoms with Crippen LogP contribution < -0.4 is 10.1 Å². The highest BCUT2D eigenvalue weighted by molar-refractivity contribution is 7.89. The van der Waals surface area contributed by atoms with Gasteiger partial charge in [-0.25, -0.2) is 18.6 Å². The molecule has 0 bridgehead atoms. The number of nitrogens with one attached hydrogen (secondary N) is 2. The number of fused-ring (bicyclic) bond motifs is 1. The monoisotopic (exact) mass is 461 g/mol. The molecule has 2 aliphatic rings. The van der Waals surface area contributed by atoms with Crippen molar-refractivity contribution in [1.82, 2.24) is 10.1 Å². The Kier molecular flexibility index (Phi) is 6.31. The maximum Gasteiger partial charge on any atom is 0.271 e. The van der Waals surface area contributed by atoms with E-state index in [-0.39, 0.29) is 22.3 Å². The number of hydrogen-bond donors (Lipinski definition) is 3. The van der Waals surface area contributed by atoms with Gasteiger partial charge in [0.1, 0.15) is 5.75 Å². The van der Waals surface area contributed by atoms with Crippen LogP contribution in [0.4, 0.5) is 0 Å². The van der Waals surface area contributed by atoms with E-state index in [9.17, 15) is 18.3 Å². The van der Waals surface area contributed by atoms with E-state index in [2.05, 4.69) is 15.2 Å². The van der Waals surface area contributed by atoms with Crippen molar-refractivity contribution in [3.8, 4) is 5.75 Å². The van der Waals surface area contributed by atoms with Gasteiger partial charge in [0, 0.05) is 22.2 Å². The zero-order valence-corrected chi connectivity index (χ0v) is 18.5. The number of hydrazone groups is 1. The summed E-state index contributed by atoms with van der Waals surface area (Å²) < 4.78 is 27.9. The Morgan fingerprint density at radius 1 is 1.03 bits per heavy atom.